The molecule has 3 aromatic carbocycles. The number of aromatic amines is 1. The first-order chi connectivity index (χ1) is 16.2. The number of H-pyrrole nitrogens is 1. The average Bonchev–Trinajstić information content (AvgIpc) is 3.29. The molecule has 6 nitrogen and oxygen atoms in total. The van der Waals surface area contributed by atoms with E-state index < -0.39 is 0 Å². The molecular formula is C26H26ClN5O. The monoisotopic (exact) mass is 459 g/mol. The highest BCUT2D eigenvalue weighted by atomic mass is 35.5. The standard InChI is InChI=1S/C26H26ClN5O/c27-20-8-4-7-19(15-20)16-22-21(25(33)29-17-18-5-2-1-3-6-18)9-10-23-24(22)31-26(30-23)32-13-11-28-12-14-32/h1-10,15,28H,11-14,16-17H2,(H,29,33)(H,30,31). The number of hydrogen-bond donors (Lipinski definition) is 3. The Morgan fingerprint density at radius 3 is 2.58 bits per heavy atom. The van der Waals surface area contributed by atoms with Gasteiger partial charge >= 0.3 is 0 Å². The minimum atomic E-state index is -0.101. The largest absolute Gasteiger partial charge is 0.348 e. The fourth-order valence-corrected chi connectivity index (χ4v) is 4.48. The number of aromatic nitrogens is 2. The highest BCUT2D eigenvalue weighted by molar-refractivity contribution is 6.30. The van der Waals surface area contributed by atoms with Crippen LogP contribution in [0.4, 0.5) is 5.95 Å². The molecule has 4 aromatic rings. The molecule has 0 aliphatic carbocycles. The van der Waals surface area contributed by atoms with E-state index in [-0.39, 0.29) is 5.91 Å². The molecule has 1 saturated heterocycles. The van der Waals surface area contributed by atoms with Crippen LogP contribution in [0.25, 0.3) is 11.0 Å². The molecule has 0 bridgehead atoms. The average molecular weight is 460 g/mol. The molecule has 0 spiro atoms. The topological polar surface area (TPSA) is 73.1 Å². The minimum absolute atomic E-state index is 0.101. The van der Waals surface area contributed by atoms with Gasteiger partial charge in [0, 0.05) is 49.7 Å². The third-order valence-electron chi connectivity index (χ3n) is 5.98. The van der Waals surface area contributed by atoms with E-state index >= 15 is 0 Å². The summed E-state index contributed by atoms with van der Waals surface area (Å²) in [6.07, 6.45) is 0.579. The Balaban J connectivity index is 1.51. The van der Waals surface area contributed by atoms with Gasteiger partial charge in [-0.3, -0.25) is 4.79 Å². The fourth-order valence-electron chi connectivity index (χ4n) is 4.27. The van der Waals surface area contributed by atoms with Crippen LogP contribution < -0.4 is 15.5 Å². The number of rotatable bonds is 6. The molecule has 0 atom stereocenters. The molecule has 7 heteroatoms. The zero-order valence-corrected chi connectivity index (χ0v) is 19.0. The quantitative estimate of drug-likeness (QED) is 0.405. The van der Waals surface area contributed by atoms with E-state index in [2.05, 4.69) is 20.5 Å². The molecule has 1 aliphatic rings. The summed E-state index contributed by atoms with van der Waals surface area (Å²) in [5.41, 5.74) is 5.44. The first-order valence-electron chi connectivity index (χ1n) is 11.2. The van der Waals surface area contributed by atoms with E-state index in [9.17, 15) is 4.79 Å². The van der Waals surface area contributed by atoms with Crippen molar-refractivity contribution >= 4 is 34.5 Å². The number of benzene rings is 3. The van der Waals surface area contributed by atoms with Gasteiger partial charge in [0.25, 0.3) is 5.91 Å². The van der Waals surface area contributed by atoms with Crippen LogP contribution >= 0.6 is 11.6 Å². The number of nitrogens with zero attached hydrogens (tertiary/aromatic N) is 2. The lowest BCUT2D eigenvalue weighted by molar-refractivity contribution is 0.0950. The molecule has 0 radical (unpaired) electrons. The smallest absolute Gasteiger partial charge is 0.251 e. The van der Waals surface area contributed by atoms with Gasteiger partial charge < -0.3 is 20.5 Å². The second-order valence-electron chi connectivity index (χ2n) is 8.26. The Morgan fingerprint density at radius 2 is 1.79 bits per heavy atom. The maximum atomic E-state index is 13.3. The van der Waals surface area contributed by atoms with Crippen molar-refractivity contribution in [1.29, 1.82) is 0 Å². The SMILES string of the molecule is O=C(NCc1ccccc1)c1ccc2nc(N3CCNCC3)[nH]c2c1Cc1cccc(Cl)c1. The summed E-state index contributed by atoms with van der Waals surface area (Å²) >= 11 is 6.24. The number of anilines is 1. The molecule has 1 amide bonds. The molecule has 0 saturated carbocycles. The summed E-state index contributed by atoms with van der Waals surface area (Å²) in [6.45, 7) is 4.13. The number of carbonyl (C=O) groups is 1. The van der Waals surface area contributed by atoms with Crippen LogP contribution in [0.3, 0.4) is 0 Å². The van der Waals surface area contributed by atoms with Gasteiger partial charge in [0.15, 0.2) is 0 Å². The van der Waals surface area contributed by atoms with Crippen molar-refractivity contribution in [3.63, 3.8) is 0 Å². The molecule has 5 rings (SSSR count). The predicted molar refractivity (Wildman–Crippen MR) is 133 cm³/mol. The van der Waals surface area contributed by atoms with Gasteiger partial charge in [0.2, 0.25) is 5.95 Å². The van der Waals surface area contributed by atoms with Crippen molar-refractivity contribution in [3.05, 3.63) is 94.0 Å². The summed E-state index contributed by atoms with van der Waals surface area (Å²) in [6, 6.07) is 21.5. The zero-order valence-electron chi connectivity index (χ0n) is 18.3. The first-order valence-corrected chi connectivity index (χ1v) is 11.6. The van der Waals surface area contributed by atoms with Gasteiger partial charge in [0.05, 0.1) is 11.0 Å². The van der Waals surface area contributed by atoms with Gasteiger partial charge in [-0.25, -0.2) is 4.98 Å². The van der Waals surface area contributed by atoms with E-state index in [0.717, 1.165) is 59.9 Å². The molecule has 1 aliphatic heterocycles. The van der Waals surface area contributed by atoms with Crippen LogP contribution in [-0.4, -0.2) is 42.1 Å². The van der Waals surface area contributed by atoms with E-state index in [1.807, 2.05) is 66.7 Å². The van der Waals surface area contributed by atoms with Crippen LogP contribution in [0.5, 0.6) is 0 Å². The van der Waals surface area contributed by atoms with Crippen molar-refractivity contribution in [3.8, 4) is 0 Å². The van der Waals surface area contributed by atoms with Crippen LogP contribution in [0.1, 0.15) is 27.0 Å². The lowest BCUT2D eigenvalue weighted by Gasteiger charge is -2.26. The van der Waals surface area contributed by atoms with E-state index in [1.54, 1.807) is 0 Å². The molecule has 168 valence electrons. The van der Waals surface area contributed by atoms with Crippen molar-refractivity contribution in [2.24, 2.45) is 0 Å². The van der Waals surface area contributed by atoms with Crippen LogP contribution in [0.2, 0.25) is 5.02 Å². The van der Waals surface area contributed by atoms with Crippen molar-refractivity contribution in [1.82, 2.24) is 20.6 Å². The third kappa shape index (κ3) is 4.87. The molecule has 1 aromatic heterocycles. The van der Waals surface area contributed by atoms with Gasteiger partial charge in [-0.15, -0.1) is 0 Å². The molecule has 3 N–H and O–H groups in total. The molecular weight excluding hydrogens is 434 g/mol. The summed E-state index contributed by atoms with van der Waals surface area (Å²) in [5, 5.41) is 7.12. The summed E-state index contributed by atoms with van der Waals surface area (Å²) < 4.78 is 0. The Bertz CT molecular complexity index is 1260. The van der Waals surface area contributed by atoms with Crippen LogP contribution in [0, 0.1) is 0 Å². The molecule has 0 unspecified atom stereocenters. The predicted octanol–water partition coefficient (Wildman–Crippen LogP) is 4.15. The summed E-state index contributed by atoms with van der Waals surface area (Å²) in [7, 11) is 0. The Labute approximate surface area is 198 Å². The highest BCUT2D eigenvalue weighted by Gasteiger charge is 2.20. The maximum Gasteiger partial charge on any atom is 0.251 e. The molecule has 2 heterocycles. The minimum Gasteiger partial charge on any atom is -0.348 e. The van der Waals surface area contributed by atoms with Crippen LogP contribution in [0.15, 0.2) is 66.7 Å². The number of nitrogens with one attached hydrogen (secondary N) is 3. The lowest BCUT2D eigenvalue weighted by atomic mass is 9.97. The van der Waals surface area contributed by atoms with E-state index in [0.29, 0.717) is 23.6 Å². The van der Waals surface area contributed by atoms with Gasteiger partial charge in [-0.1, -0.05) is 54.1 Å². The number of imidazole rings is 1. The number of carbonyl (C=O) groups excluding carboxylic acids is 1. The number of fused-ring (bicyclic) bond motifs is 1. The third-order valence-corrected chi connectivity index (χ3v) is 6.22. The Morgan fingerprint density at radius 1 is 1.00 bits per heavy atom. The number of hydrogen-bond acceptors (Lipinski definition) is 4. The normalized spacial score (nSPS) is 13.9. The van der Waals surface area contributed by atoms with Crippen LogP contribution in [-0.2, 0) is 13.0 Å². The van der Waals surface area contributed by atoms with Gasteiger partial charge in [0.1, 0.15) is 0 Å². The van der Waals surface area contributed by atoms with Gasteiger partial charge in [-0.05, 0) is 41.0 Å². The maximum absolute atomic E-state index is 13.3. The van der Waals surface area contributed by atoms with Crippen molar-refractivity contribution in [2.45, 2.75) is 13.0 Å². The Hall–Kier alpha value is -3.35. The highest BCUT2D eigenvalue weighted by Crippen LogP contribution is 2.27. The van der Waals surface area contributed by atoms with Gasteiger partial charge in [-0.2, -0.15) is 0 Å². The zero-order chi connectivity index (χ0) is 22.6. The number of amides is 1. The molecule has 33 heavy (non-hydrogen) atoms. The lowest BCUT2D eigenvalue weighted by Crippen LogP contribution is -2.44. The molecule has 1 fully saturated rings. The van der Waals surface area contributed by atoms with Crippen molar-refractivity contribution in [2.75, 3.05) is 31.1 Å². The fraction of sp³-hybridized carbons (Fsp3) is 0.231. The van der Waals surface area contributed by atoms with E-state index in [1.165, 1.54) is 0 Å². The summed E-state index contributed by atoms with van der Waals surface area (Å²) in [4.78, 5) is 23.8. The second kappa shape index (κ2) is 9.65. The number of halogens is 1. The summed E-state index contributed by atoms with van der Waals surface area (Å²) in [5.74, 6) is 0.747. The van der Waals surface area contributed by atoms with E-state index in [4.69, 9.17) is 16.6 Å². The van der Waals surface area contributed by atoms with Crippen molar-refractivity contribution < 1.29 is 4.79 Å². The second-order valence-corrected chi connectivity index (χ2v) is 8.69. The number of piperazine rings is 1. The first kappa shape index (κ1) is 21.5. The Kier molecular flexibility index (Phi) is 6.28.